The largest absolute Gasteiger partial charge is 2.00 e. The van der Waals surface area contributed by atoms with E-state index in [1.807, 2.05) is 88.4 Å². The summed E-state index contributed by atoms with van der Waals surface area (Å²) in [6, 6.07) is 19.5. The molecule has 1 aliphatic heterocycles. The third-order valence-corrected chi connectivity index (χ3v) is 6.55. The molecule has 1 heterocycles. The predicted molar refractivity (Wildman–Crippen MR) is 150 cm³/mol. The number of hydrogen-bond donors (Lipinski definition) is 2. The summed E-state index contributed by atoms with van der Waals surface area (Å²) in [5.74, 6) is -0.669. The van der Waals surface area contributed by atoms with Crippen LogP contribution in [0.15, 0.2) is 60.7 Å². The number of rotatable bonds is 6. The number of carbonyl (C=O) groups excluding carboxylic acids is 2. The summed E-state index contributed by atoms with van der Waals surface area (Å²) < 4.78 is 12.3. The normalized spacial score (nSPS) is 25.9. The molecule has 2 aromatic carbocycles. The number of benzene rings is 2. The molecule has 1 aliphatic rings. The Labute approximate surface area is 243 Å². The second-order valence-corrected chi connectivity index (χ2v) is 11.7. The summed E-state index contributed by atoms with van der Waals surface area (Å²) in [5, 5.41) is 15.7. The molecular weight excluding hydrogens is 539 g/mol. The molecule has 0 aliphatic carbocycles. The van der Waals surface area contributed by atoms with E-state index in [0.717, 1.165) is 11.1 Å². The first-order chi connectivity index (χ1) is 17.8. The van der Waals surface area contributed by atoms with Crippen molar-refractivity contribution < 1.29 is 35.6 Å². The van der Waals surface area contributed by atoms with Gasteiger partial charge in [0.15, 0.2) is 0 Å². The molecule has 2 N–H and O–H groups in total. The Hall–Kier alpha value is -2.29. The number of nitrogens with one attached hydrogen (secondary N) is 2. The molecule has 1 fully saturated rings. The van der Waals surface area contributed by atoms with Crippen LogP contribution in [0.4, 0.5) is 0 Å². The van der Waals surface area contributed by atoms with Crippen LogP contribution >= 0.6 is 0 Å². The molecule has 3 rings (SSSR count). The van der Waals surface area contributed by atoms with Crippen molar-refractivity contribution >= 4 is 11.8 Å². The maximum absolute atomic E-state index is 13.5. The average molecular weight is 581 g/mol. The van der Waals surface area contributed by atoms with Crippen molar-refractivity contribution in [2.24, 2.45) is 0 Å². The Morgan fingerprint density at radius 1 is 0.615 bits per heavy atom. The Balaban J connectivity index is 0.00000533. The summed E-state index contributed by atoms with van der Waals surface area (Å²) >= 11 is 0. The molecule has 0 aromatic heterocycles. The minimum Gasteiger partial charge on any atom is -0.645 e. The van der Waals surface area contributed by atoms with Crippen molar-refractivity contribution in [2.45, 2.75) is 77.0 Å². The molecule has 39 heavy (non-hydrogen) atoms. The minimum atomic E-state index is -1.19. The van der Waals surface area contributed by atoms with Crippen molar-refractivity contribution in [1.29, 1.82) is 0 Å². The Kier molecular flexibility index (Phi) is 11.7. The second-order valence-electron chi connectivity index (χ2n) is 11.7. The molecule has 2 aromatic rings. The van der Waals surface area contributed by atoms with Crippen LogP contribution in [0.2, 0.25) is 0 Å². The quantitative estimate of drug-likeness (QED) is 0.488. The van der Waals surface area contributed by atoms with Gasteiger partial charge in [-0.3, -0.25) is 0 Å². The van der Waals surface area contributed by atoms with E-state index in [9.17, 15) is 9.59 Å². The summed E-state index contributed by atoms with van der Waals surface area (Å²) in [7, 11) is 0. The van der Waals surface area contributed by atoms with Crippen LogP contribution in [0.3, 0.4) is 0 Å². The zero-order chi connectivity index (χ0) is 27.9. The van der Waals surface area contributed by atoms with Gasteiger partial charge in [-0.1, -0.05) is 99.4 Å². The molecule has 1 saturated heterocycles. The third-order valence-electron chi connectivity index (χ3n) is 6.55. The van der Waals surface area contributed by atoms with Gasteiger partial charge in [0.1, 0.15) is 11.2 Å². The van der Waals surface area contributed by atoms with Gasteiger partial charge in [-0.25, -0.2) is 0 Å². The van der Waals surface area contributed by atoms with Gasteiger partial charge in [0, 0.05) is 13.1 Å². The zero-order valence-electron chi connectivity index (χ0n) is 23.9. The molecule has 8 nitrogen and oxygen atoms in total. The smallest absolute Gasteiger partial charge is 0.645 e. The minimum absolute atomic E-state index is 0. The standard InChI is InChI=1S/C30H44N4O4.Ni/c1-27(2)19-31-21-30(6,38-18-24-15-11-8-12-16-24)26(36)34-28(3,4)20-32-22-29(5,25(35)33-27)37-17-23-13-9-7-10-14-23;/h7-16,31-32H,17-22H2,1-6H3,(H2,33,34,35,36);/q;+2/p-2/t29-,30+;. The van der Waals surface area contributed by atoms with Crippen molar-refractivity contribution in [2.75, 3.05) is 26.2 Å². The fourth-order valence-electron chi connectivity index (χ4n) is 4.09. The molecule has 0 bridgehead atoms. The van der Waals surface area contributed by atoms with E-state index >= 15 is 0 Å². The zero-order valence-corrected chi connectivity index (χ0v) is 24.8. The van der Waals surface area contributed by atoms with Crippen LogP contribution in [0.5, 0.6) is 0 Å². The first kappa shape index (κ1) is 32.9. The van der Waals surface area contributed by atoms with E-state index in [2.05, 4.69) is 21.3 Å². The molecule has 2 atom stereocenters. The maximum Gasteiger partial charge on any atom is 2.00 e. The molecule has 2 amide bonds. The Morgan fingerprint density at radius 2 is 0.949 bits per heavy atom. The molecule has 9 heteroatoms. The van der Waals surface area contributed by atoms with Crippen molar-refractivity contribution in [3.8, 4) is 0 Å². The SMILES string of the molecule is CC1(C)CNC[C@](C)(OCc2ccccc2)C(=O)[N-]C(C)(C)CNC[C@@](C)(OCc2ccccc2)C(=O)[N-]1.[Ni+2]. The first-order valence-corrected chi connectivity index (χ1v) is 13.1. The molecule has 0 unspecified atom stereocenters. The van der Waals surface area contributed by atoms with Crippen molar-refractivity contribution in [1.82, 2.24) is 10.6 Å². The number of ether oxygens (including phenoxy) is 2. The summed E-state index contributed by atoms with van der Waals surface area (Å²) in [6.07, 6.45) is 0. The molecular formula is C30H42N4NiO4. The topological polar surface area (TPSA) is 105 Å². The van der Waals surface area contributed by atoms with Gasteiger partial charge in [-0.2, -0.15) is 0 Å². The van der Waals surface area contributed by atoms with Gasteiger partial charge in [0.2, 0.25) is 0 Å². The average Bonchev–Trinajstić information content (AvgIpc) is 2.86. The van der Waals surface area contributed by atoms with Gasteiger partial charge < -0.3 is 40.3 Å². The Bertz CT molecular complexity index is 982. The van der Waals surface area contributed by atoms with E-state index in [1.54, 1.807) is 13.8 Å². The number of carbonyl (C=O) groups is 2. The van der Waals surface area contributed by atoms with Crippen LogP contribution in [0.1, 0.15) is 52.7 Å². The summed E-state index contributed by atoms with van der Waals surface area (Å²) in [5.41, 5.74) is -1.92. The van der Waals surface area contributed by atoms with Gasteiger partial charge in [0.05, 0.1) is 25.0 Å². The molecule has 0 spiro atoms. The van der Waals surface area contributed by atoms with Gasteiger partial charge in [0.25, 0.3) is 0 Å². The van der Waals surface area contributed by atoms with Crippen LogP contribution in [0, 0.1) is 0 Å². The van der Waals surface area contributed by atoms with E-state index in [1.165, 1.54) is 0 Å². The van der Waals surface area contributed by atoms with Crippen LogP contribution < -0.4 is 10.6 Å². The molecule has 216 valence electrons. The fourth-order valence-corrected chi connectivity index (χ4v) is 4.09. The summed E-state index contributed by atoms with van der Waals surface area (Å²) in [4.78, 5) is 27.0. The maximum atomic E-state index is 13.5. The van der Waals surface area contributed by atoms with Gasteiger partial charge in [-0.05, 0) is 38.1 Å². The van der Waals surface area contributed by atoms with Crippen LogP contribution in [-0.4, -0.2) is 60.3 Å². The van der Waals surface area contributed by atoms with Gasteiger partial charge >= 0.3 is 16.5 Å². The third kappa shape index (κ3) is 10.00. The van der Waals surface area contributed by atoms with E-state index < -0.39 is 22.3 Å². The van der Waals surface area contributed by atoms with Crippen molar-refractivity contribution in [3.63, 3.8) is 0 Å². The first-order valence-electron chi connectivity index (χ1n) is 13.1. The molecule has 0 radical (unpaired) electrons. The van der Waals surface area contributed by atoms with E-state index in [4.69, 9.17) is 9.47 Å². The number of nitrogens with zero attached hydrogens (tertiary/aromatic N) is 2. The predicted octanol–water partition coefficient (Wildman–Crippen LogP) is 4.49. The summed E-state index contributed by atoms with van der Waals surface area (Å²) in [6.45, 7) is 12.8. The van der Waals surface area contributed by atoms with E-state index in [0.29, 0.717) is 13.1 Å². The van der Waals surface area contributed by atoms with Gasteiger partial charge in [-0.15, -0.1) is 0 Å². The van der Waals surface area contributed by atoms with E-state index in [-0.39, 0.29) is 54.6 Å². The molecule has 0 saturated carbocycles. The number of amides is 2. The van der Waals surface area contributed by atoms with Crippen LogP contribution in [-0.2, 0) is 48.8 Å². The van der Waals surface area contributed by atoms with Crippen molar-refractivity contribution in [3.05, 3.63) is 82.4 Å². The monoisotopic (exact) mass is 580 g/mol. The fraction of sp³-hybridized carbons (Fsp3) is 0.533. The Morgan fingerprint density at radius 3 is 1.28 bits per heavy atom. The second kappa shape index (κ2) is 13.9. The van der Waals surface area contributed by atoms with Crippen LogP contribution in [0.25, 0.3) is 10.6 Å². The number of hydrogen-bond acceptors (Lipinski definition) is 6.